The van der Waals surface area contributed by atoms with Crippen LogP contribution >= 0.6 is 0 Å². The highest BCUT2D eigenvalue weighted by atomic mass is 16.3. The van der Waals surface area contributed by atoms with Crippen LogP contribution in [0.25, 0.3) is 0 Å². The van der Waals surface area contributed by atoms with Gasteiger partial charge in [-0.3, -0.25) is 0 Å². The monoisotopic (exact) mass is 420 g/mol. The molecule has 3 nitrogen and oxygen atoms in total. The topological polar surface area (TPSA) is 60.7 Å². The first-order valence-corrected chi connectivity index (χ1v) is 13.1. The van der Waals surface area contributed by atoms with Crippen LogP contribution in [0.3, 0.4) is 0 Å². The summed E-state index contributed by atoms with van der Waals surface area (Å²) < 4.78 is 0. The summed E-state index contributed by atoms with van der Waals surface area (Å²) >= 11 is 0. The average molecular weight is 421 g/mol. The van der Waals surface area contributed by atoms with E-state index in [1.54, 1.807) is 13.8 Å². The van der Waals surface area contributed by atoms with Crippen LogP contribution in [0.5, 0.6) is 0 Å². The number of fused-ring (bicyclic) bond motifs is 5. The molecule has 0 bridgehead atoms. The van der Waals surface area contributed by atoms with Crippen LogP contribution in [-0.4, -0.2) is 33.1 Å². The van der Waals surface area contributed by atoms with Crippen molar-refractivity contribution in [3.05, 3.63) is 0 Å². The molecule has 0 aliphatic heterocycles. The Morgan fingerprint density at radius 2 is 1.57 bits per heavy atom. The first-order chi connectivity index (χ1) is 14.0. The van der Waals surface area contributed by atoms with E-state index in [0.29, 0.717) is 23.2 Å². The van der Waals surface area contributed by atoms with E-state index in [4.69, 9.17) is 0 Å². The van der Waals surface area contributed by atoms with Gasteiger partial charge in [-0.25, -0.2) is 0 Å². The fourth-order valence-corrected chi connectivity index (χ4v) is 9.19. The maximum Gasteiger partial charge on any atom is 0.0849 e. The number of hydrogen-bond acceptors (Lipinski definition) is 3. The molecular weight excluding hydrogens is 372 g/mol. The third-order valence-corrected chi connectivity index (χ3v) is 11.1. The first-order valence-electron chi connectivity index (χ1n) is 13.1. The van der Waals surface area contributed by atoms with Crippen LogP contribution in [0.2, 0.25) is 0 Å². The predicted octanol–water partition coefficient (Wildman–Crippen LogP) is 5.55. The Bertz CT molecular complexity index is 612. The molecule has 4 aliphatic rings. The van der Waals surface area contributed by atoms with E-state index in [-0.39, 0.29) is 6.10 Å². The van der Waals surface area contributed by atoms with Crippen molar-refractivity contribution in [3.63, 3.8) is 0 Å². The molecule has 0 spiro atoms. The van der Waals surface area contributed by atoms with Gasteiger partial charge in [-0.1, -0.05) is 20.8 Å². The van der Waals surface area contributed by atoms with Gasteiger partial charge < -0.3 is 15.3 Å². The number of aliphatic hydroxyl groups is 3. The Hall–Kier alpha value is -0.120. The van der Waals surface area contributed by atoms with Crippen molar-refractivity contribution in [1.29, 1.82) is 0 Å². The van der Waals surface area contributed by atoms with Gasteiger partial charge in [0.25, 0.3) is 0 Å². The lowest BCUT2D eigenvalue weighted by Gasteiger charge is -2.61. The zero-order chi connectivity index (χ0) is 21.9. The first kappa shape index (κ1) is 23.1. The summed E-state index contributed by atoms with van der Waals surface area (Å²) in [6, 6.07) is 0. The number of rotatable bonds is 5. The standard InChI is InChI=1S/C27H48O3/c1-17(6-11-24(29)25(2,3)30)21-9-10-22-20-8-7-18-16-19(28)12-14-26(18,4)23(20)13-15-27(21,22)5/h17-24,28-30H,6-16H2,1-5H3/t17-,18?,19?,20+,21-,22+,23+,24?,26+,27-/m1/s1. The minimum absolute atomic E-state index is 0.0514. The lowest BCUT2D eigenvalue weighted by atomic mass is 9.44. The molecule has 4 rings (SSSR count). The zero-order valence-electron chi connectivity index (χ0n) is 20.2. The van der Waals surface area contributed by atoms with Crippen LogP contribution in [0.4, 0.5) is 0 Å². The lowest BCUT2D eigenvalue weighted by Crippen LogP contribution is -2.54. The Morgan fingerprint density at radius 3 is 2.27 bits per heavy atom. The van der Waals surface area contributed by atoms with E-state index >= 15 is 0 Å². The van der Waals surface area contributed by atoms with Gasteiger partial charge in [0.2, 0.25) is 0 Å². The fourth-order valence-electron chi connectivity index (χ4n) is 9.19. The van der Waals surface area contributed by atoms with E-state index in [0.717, 1.165) is 48.9 Å². The molecule has 0 saturated heterocycles. The van der Waals surface area contributed by atoms with Crippen molar-refractivity contribution in [1.82, 2.24) is 0 Å². The Morgan fingerprint density at radius 1 is 0.900 bits per heavy atom. The quantitative estimate of drug-likeness (QED) is 0.546. The second-order valence-electron chi connectivity index (χ2n) is 13.0. The normalized spacial score (nSPS) is 48.4. The number of aliphatic hydroxyl groups excluding tert-OH is 2. The van der Waals surface area contributed by atoms with Crippen molar-refractivity contribution in [2.45, 2.75) is 123 Å². The molecular formula is C27H48O3. The van der Waals surface area contributed by atoms with E-state index in [9.17, 15) is 15.3 Å². The van der Waals surface area contributed by atoms with E-state index in [1.807, 2.05) is 0 Å². The molecule has 0 aromatic carbocycles. The van der Waals surface area contributed by atoms with Crippen LogP contribution < -0.4 is 0 Å². The summed E-state index contributed by atoms with van der Waals surface area (Å²) in [5.41, 5.74) is -0.0802. The van der Waals surface area contributed by atoms with Crippen molar-refractivity contribution < 1.29 is 15.3 Å². The molecule has 10 atom stereocenters. The second kappa shape index (κ2) is 8.03. The minimum atomic E-state index is -0.998. The van der Waals surface area contributed by atoms with Crippen molar-refractivity contribution in [2.75, 3.05) is 0 Å². The molecule has 4 aliphatic carbocycles. The smallest absolute Gasteiger partial charge is 0.0849 e. The largest absolute Gasteiger partial charge is 0.393 e. The molecule has 3 unspecified atom stereocenters. The fraction of sp³-hybridized carbons (Fsp3) is 1.00. The molecule has 30 heavy (non-hydrogen) atoms. The lowest BCUT2D eigenvalue weighted by molar-refractivity contribution is -0.129. The SMILES string of the molecule is C[C@H](CCC(O)C(C)(C)O)[C@H]1CC[C@H]2[C@@H]3CCC4CC(O)CC[C@]4(C)[C@H]3CC[C@]12C. The molecule has 3 N–H and O–H groups in total. The summed E-state index contributed by atoms with van der Waals surface area (Å²) in [6.07, 6.45) is 12.6. The van der Waals surface area contributed by atoms with Gasteiger partial charge in [-0.05, 0) is 131 Å². The van der Waals surface area contributed by atoms with Crippen LogP contribution in [0, 0.1) is 46.3 Å². The molecule has 4 saturated carbocycles. The Labute approximate surface area is 185 Å². The van der Waals surface area contributed by atoms with Crippen molar-refractivity contribution >= 4 is 0 Å². The van der Waals surface area contributed by atoms with Gasteiger partial charge in [0.15, 0.2) is 0 Å². The molecule has 0 heterocycles. The Kier molecular flexibility index (Phi) is 6.17. The predicted molar refractivity (Wildman–Crippen MR) is 122 cm³/mol. The highest BCUT2D eigenvalue weighted by Gasteiger charge is 2.60. The average Bonchev–Trinajstić information content (AvgIpc) is 3.03. The summed E-state index contributed by atoms with van der Waals surface area (Å²) in [4.78, 5) is 0. The molecule has 4 fully saturated rings. The van der Waals surface area contributed by atoms with Gasteiger partial charge >= 0.3 is 0 Å². The van der Waals surface area contributed by atoms with E-state index < -0.39 is 11.7 Å². The van der Waals surface area contributed by atoms with Crippen LogP contribution in [0.15, 0.2) is 0 Å². The zero-order valence-corrected chi connectivity index (χ0v) is 20.2. The minimum Gasteiger partial charge on any atom is -0.393 e. The van der Waals surface area contributed by atoms with Gasteiger partial charge in [0.1, 0.15) is 0 Å². The van der Waals surface area contributed by atoms with Crippen molar-refractivity contribution in [3.8, 4) is 0 Å². The van der Waals surface area contributed by atoms with Gasteiger partial charge in [-0.15, -0.1) is 0 Å². The number of hydrogen-bond donors (Lipinski definition) is 3. The van der Waals surface area contributed by atoms with Gasteiger partial charge in [0.05, 0.1) is 17.8 Å². The molecule has 0 radical (unpaired) electrons. The van der Waals surface area contributed by atoms with E-state index in [2.05, 4.69) is 20.8 Å². The molecule has 0 aromatic heterocycles. The summed E-state index contributed by atoms with van der Waals surface area (Å²) in [7, 11) is 0. The summed E-state index contributed by atoms with van der Waals surface area (Å²) in [5.74, 6) is 4.74. The van der Waals surface area contributed by atoms with E-state index in [1.165, 1.54) is 44.9 Å². The molecule has 0 amide bonds. The highest BCUT2D eigenvalue weighted by molar-refractivity contribution is 5.09. The Balaban J connectivity index is 1.45. The second-order valence-corrected chi connectivity index (χ2v) is 13.0. The van der Waals surface area contributed by atoms with Gasteiger partial charge in [0, 0.05) is 0 Å². The molecule has 3 heteroatoms. The van der Waals surface area contributed by atoms with Crippen molar-refractivity contribution in [2.24, 2.45) is 46.3 Å². The summed E-state index contributed by atoms with van der Waals surface area (Å²) in [6.45, 7) is 11.0. The van der Waals surface area contributed by atoms with Crippen LogP contribution in [-0.2, 0) is 0 Å². The van der Waals surface area contributed by atoms with Crippen LogP contribution in [0.1, 0.15) is 105 Å². The molecule has 174 valence electrons. The highest BCUT2D eigenvalue weighted by Crippen LogP contribution is 2.68. The van der Waals surface area contributed by atoms with Gasteiger partial charge in [-0.2, -0.15) is 0 Å². The summed E-state index contributed by atoms with van der Waals surface area (Å²) in [5, 5.41) is 30.7. The third-order valence-electron chi connectivity index (χ3n) is 11.1. The maximum atomic E-state index is 10.3. The third kappa shape index (κ3) is 3.79. The maximum absolute atomic E-state index is 10.3. The molecule has 0 aromatic rings.